The van der Waals surface area contributed by atoms with E-state index in [9.17, 15) is 4.79 Å². The molecule has 156 valence electrons. The molecule has 0 radical (unpaired) electrons. The zero-order valence-corrected chi connectivity index (χ0v) is 17.7. The molecule has 7 nitrogen and oxygen atoms in total. The molecule has 0 unspecified atom stereocenters. The average molecular weight is 425 g/mol. The topological polar surface area (TPSA) is 66.3 Å². The number of aromatic nitrogens is 3. The first-order valence-corrected chi connectivity index (χ1v) is 10.4. The third kappa shape index (κ3) is 5.05. The van der Waals surface area contributed by atoms with Crippen LogP contribution in [-0.2, 0) is 11.5 Å². The van der Waals surface area contributed by atoms with Crippen LogP contribution in [0.4, 0.5) is 5.69 Å². The van der Waals surface area contributed by atoms with Crippen molar-refractivity contribution in [3.8, 4) is 11.4 Å². The first-order chi connectivity index (χ1) is 14.6. The Balaban J connectivity index is 1.30. The van der Waals surface area contributed by atoms with Gasteiger partial charge in [0, 0.05) is 31.7 Å². The number of carbonyl (C=O) groups excluding carboxylic acids is 1. The van der Waals surface area contributed by atoms with Crippen molar-refractivity contribution in [1.29, 1.82) is 0 Å². The number of hydrogen-bond donors (Lipinski definition) is 1. The van der Waals surface area contributed by atoms with E-state index >= 15 is 0 Å². The van der Waals surface area contributed by atoms with Crippen LogP contribution in [0.3, 0.4) is 0 Å². The fourth-order valence-corrected chi connectivity index (χ4v) is 3.77. The van der Waals surface area contributed by atoms with Crippen molar-refractivity contribution in [2.45, 2.75) is 13.6 Å². The van der Waals surface area contributed by atoms with Crippen LogP contribution in [0.25, 0.3) is 11.4 Å². The minimum atomic E-state index is -0.0465. The highest BCUT2D eigenvalue weighted by Crippen LogP contribution is 2.20. The van der Waals surface area contributed by atoms with Crippen LogP contribution in [0, 0.1) is 6.92 Å². The van der Waals surface area contributed by atoms with Crippen molar-refractivity contribution in [1.82, 2.24) is 24.6 Å². The number of benzene rings is 2. The Bertz CT molecular complexity index is 998. The molecule has 2 heterocycles. The monoisotopic (exact) mass is 424 g/mol. The minimum Gasteiger partial charge on any atom is -0.324 e. The lowest BCUT2D eigenvalue weighted by Crippen LogP contribution is -2.49. The van der Waals surface area contributed by atoms with Gasteiger partial charge in [-0.25, -0.2) is 9.67 Å². The molecule has 1 fully saturated rings. The van der Waals surface area contributed by atoms with Gasteiger partial charge in [-0.05, 0) is 19.1 Å². The Labute approximate surface area is 181 Å². The molecule has 8 heteroatoms. The summed E-state index contributed by atoms with van der Waals surface area (Å²) in [6, 6.07) is 17.4. The van der Waals surface area contributed by atoms with Crippen molar-refractivity contribution in [3.63, 3.8) is 0 Å². The van der Waals surface area contributed by atoms with Crippen molar-refractivity contribution in [3.05, 3.63) is 65.4 Å². The van der Waals surface area contributed by atoms with Gasteiger partial charge in [0.05, 0.1) is 23.9 Å². The fourth-order valence-electron chi connectivity index (χ4n) is 3.59. The third-order valence-electron chi connectivity index (χ3n) is 5.12. The normalized spacial score (nSPS) is 15.3. The standard InChI is InChI=1S/C22H25ClN6O/c1-17-24-22(18-7-3-2-4-8-18)29(26-17)16-28-13-11-27(12-14-28)15-21(30)25-20-10-6-5-9-19(20)23/h2-10H,11-16H2,1H3,(H,25,30). The quantitative estimate of drug-likeness (QED) is 0.658. The molecule has 3 aromatic rings. The van der Waals surface area contributed by atoms with Gasteiger partial charge in [0.25, 0.3) is 0 Å². The zero-order valence-electron chi connectivity index (χ0n) is 17.0. The van der Waals surface area contributed by atoms with Gasteiger partial charge in [-0.3, -0.25) is 14.6 Å². The van der Waals surface area contributed by atoms with E-state index in [0.717, 1.165) is 43.4 Å². The molecular weight excluding hydrogens is 400 g/mol. The molecule has 0 saturated carbocycles. The SMILES string of the molecule is Cc1nc(-c2ccccc2)n(CN2CCN(CC(=O)Nc3ccccc3Cl)CC2)n1. The average Bonchev–Trinajstić information content (AvgIpc) is 3.12. The molecule has 0 spiro atoms. The lowest BCUT2D eigenvalue weighted by molar-refractivity contribution is -0.117. The van der Waals surface area contributed by atoms with Gasteiger partial charge < -0.3 is 5.32 Å². The maximum Gasteiger partial charge on any atom is 0.238 e. The second-order valence-electron chi connectivity index (χ2n) is 7.41. The molecule has 1 aliphatic heterocycles. The minimum absolute atomic E-state index is 0.0465. The number of halogens is 1. The third-order valence-corrected chi connectivity index (χ3v) is 5.45. The second-order valence-corrected chi connectivity index (χ2v) is 7.82. The number of anilines is 1. The summed E-state index contributed by atoms with van der Waals surface area (Å²) in [5.41, 5.74) is 1.71. The van der Waals surface area contributed by atoms with Crippen LogP contribution < -0.4 is 5.32 Å². The van der Waals surface area contributed by atoms with E-state index in [2.05, 4.69) is 37.3 Å². The van der Waals surface area contributed by atoms with Gasteiger partial charge in [0.2, 0.25) is 5.91 Å². The molecule has 1 aliphatic rings. The summed E-state index contributed by atoms with van der Waals surface area (Å²) in [7, 11) is 0. The van der Waals surface area contributed by atoms with E-state index in [1.807, 2.05) is 48.0 Å². The molecule has 1 N–H and O–H groups in total. The Morgan fingerprint density at radius 2 is 1.67 bits per heavy atom. The maximum absolute atomic E-state index is 12.4. The van der Waals surface area contributed by atoms with Crippen molar-refractivity contribution in [2.24, 2.45) is 0 Å². The number of hydrogen-bond acceptors (Lipinski definition) is 5. The van der Waals surface area contributed by atoms with Crippen LogP contribution >= 0.6 is 11.6 Å². The molecule has 30 heavy (non-hydrogen) atoms. The van der Waals surface area contributed by atoms with E-state index in [1.165, 1.54) is 0 Å². The van der Waals surface area contributed by atoms with E-state index in [-0.39, 0.29) is 5.91 Å². The van der Waals surface area contributed by atoms with Crippen LogP contribution in [0.1, 0.15) is 5.82 Å². The number of para-hydroxylation sites is 1. The Morgan fingerprint density at radius 1 is 1.00 bits per heavy atom. The number of amides is 1. The maximum atomic E-state index is 12.4. The number of rotatable bonds is 6. The Hall–Kier alpha value is -2.74. The summed E-state index contributed by atoms with van der Waals surface area (Å²) in [6.07, 6.45) is 0. The second kappa shape index (κ2) is 9.38. The van der Waals surface area contributed by atoms with E-state index in [4.69, 9.17) is 11.6 Å². The fraction of sp³-hybridized carbons (Fsp3) is 0.318. The van der Waals surface area contributed by atoms with Gasteiger partial charge in [-0.1, -0.05) is 54.1 Å². The van der Waals surface area contributed by atoms with Crippen LogP contribution in [0.5, 0.6) is 0 Å². The van der Waals surface area contributed by atoms with E-state index < -0.39 is 0 Å². The highest BCUT2D eigenvalue weighted by Gasteiger charge is 2.21. The zero-order chi connectivity index (χ0) is 20.9. The Morgan fingerprint density at radius 3 is 2.40 bits per heavy atom. The van der Waals surface area contributed by atoms with Gasteiger partial charge in [0.1, 0.15) is 5.82 Å². The van der Waals surface area contributed by atoms with Crippen molar-refractivity contribution < 1.29 is 4.79 Å². The van der Waals surface area contributed by atoms with Gasteiger partial charge in [0.15, 0.2) is 5.82 Å². The number of aryl methyl sites for hydroxylation is 1. The molecule has 0 atom stereocenters. The summed E-state index contributed by atoms with van der Waals surface area (Å²) in [5, 5.41) is 8.01. The first kappa shape index (κ1) is 20.5. The summed E-state index contributed by atoms with van der Waals surface area (Å²) < 4.78 is 1.96. The van der Waals surface area contributed by atoms with Crippen LogP contribution in [0.15, 0.2) is 54.6 Å². The summed E-state index contributed by atoms with van der Waals surface area (Å²) in [6.45, 7) is 6.34. The number of piperazine rings is 1. The molecule has 2 aromatic carbocycles. The summed E-state index contributed by atoms with van der Waals surface area (Å²) in [5.74, 6) is 1.60. The molecule has 0 aliphatic carbocycles. The molecule has 1 aromatic heterocycles. The summed E-state index contributed by atoms with van der Waals surface area (Å²) >= 11 is 6.12. The number of nitrogens with one attached hydrogen (secondary N) is 1. The number of nitrogens with zero attached hydrogens (tertiary/aromatic N) is 5. The molecule has 0 bridgehead atoms. The van der Waals surface area contributed by atoms with Gasteiger partial charge in [-0.15, -0.1) is 0 Å². The van der Waals surface area contributed by atoms with Crippen LogP contribution in [0.2, 0.25) is 5.02 Å². The lowest BCUT2D eigenvalue weighted by atomic mass is 10.2. The molecule has 4 rings (SSSR count). The molecule has 1 saturated heterocycles. The predicted octanol–water partition coefficient (Wildman–Crippen LogP) is 3.12. The largest absolute Gasteiger partial charge is 0.324 e. The smallest absolute Gasteiger partial charge is 0.238 e. The predicted molar refractivity (Wildman–Crippen MR) is 118 cm³/mol. The van der Waals surface area contributed by atoms with Crippen LogP contribution in [-0.4, -0.2) is 63.2 Å². The molecule has 1 amide bonds. The number of carbonyl (C=O) groups is 1. The van der Waals surface area contributed by atoms with E-state index in [1.54, 1.807) is 6.07 Å². The Kier molecular flexibility index (Phi) is 6.42. The van der Waals surface area contributed by atoms with E-state index in [0.29, 0.717) is 23.9 Å². The first-order valence-electron chi connectivity index (χ1n) is 10.0. The lowest BCUT2D eigenvalue weighted by Gasteiger charge is -2.34. The van der Waals surface area contributed by atoms with Gasteiger partial charge in [-0.2, -0.15) is 5.10 Å². The molecular formula is C22H25ClN6O. The highest BCUT2D eigenvalue weighted by molar-refractivity contribution is 6.33. The van der Waals surface area contributed by atoms with Crippen molar-refractivity contribution in [2.75, 3.05) is 38.0 Å². The van der Waals surface area contributed by atoms with Gasteiger partial charge >= 0.3 is 0 Å². The van der Waals surface area contributed by atoms with Crippen molar-refractivity contribution >= 4 is 23.2 Å². The highest BCUT2D eigenvalue weighted by atomic mass is 35.5. The summed E-state index contributed by atoms with van der Waals surface area (Å²) in [4.78, 5) is 21.5.